The van der Waals surface area contributed by atoms with Gasteiger partial charge in [0.05, 0.1) is 6.04 Å². The number of carbonyl (C=O) groups excluding carboxylic acids is 5. The lowest BCUT2D eigenvalue weighted by Gasteiger charge is -2.35. The lowest BCUT2D eigenvalue weighted by molar-refractivity contribution is -0.145. The normalized spacial score (nSPS) is 27.4. The Kier molecular flexibility index (Phi) is 7.43. The van der Waals surface area contributed by atoms with Crippen LogP contribution in [0.4, 0.5) is 0 Å². The van der Waals surface area contributed by atoms with Gasteiger partial charge in [0.2, 0.25) is 23.5 Å². The van der Waals surface area contributed by atoms with Crippen LogP contribution < -0.4 is 16.4 Å². The Balaban J connectivity index is 1.83. The van der Waals surface area contributed by atoms with Gasteiger partial charge in [-0.25, -0.2) is 0 Å². The van der Waals surface area contributed by atoms with Crippen LogP contribution in [0.2, 0.25) is 0 Å². The second-order valence-electron chi connectivity index (χ2n) is 11.4. The molecule has 0 radical (unpaired) electrons. The standard InChI is InChI=1S/C25H40N4O5/c1-7-13(4)18(28-22(32)12(2)3)24(34)29-11-15-17(25(15,5)6)19(29)23(33)27-16(10-14-8-9-14)20(30)21(26)31/h12-19H,7-11H2,1-6H3,(H2,26,31)(H,27,33)(H,28,32)/t13-,15+,16?,17+,18+,19+/m1/s1. The Morgan fingerprint density at radius 3 is 2.18 bits per heavy atom. The van der Waals surface area contributed by atoms with E-state index in [2.05, 4.69) is 24.5 Å². The van der Waals surface area contributed by atoms with Crippen molar-refractivity contribution in [2.75, 3.05) is 6.54 Å². The summed E-state index contributed by atoms with van der Waals surface area (Å²) in [6, 6.07) is -2.45. The average Bonchev–Trinajstić information content (AvgIpc) is 3.62. The van der Waals surface area contributed by atoms with E-state index in [9.17, 15) is 24.0 Å². The number of fused-ring (bicyclic) bond motifs is 1. The highest BCUT2D eigenvalue weighted by Gasteiger charge is 2.69. The molecule has 2 saturated carbocycles. The minimum absolute atomic E-state index is 0.0416. The molecule has 34 heavy (non-hydrogen) atoms. The molecule has 0 bridgehead atoms. The van der Waals surface area contributed by atoms with Crippen LogP contribution in [0.25, 0.3) is 0 Å². The largest absolute Gasteiger partial charge is 0.363 e. The van der Waals surface area contributed by atoms with Gasteiger partial charge in [0.25, 0.3) is 5.91 Å². The Morgan fingerprint density at radius 1 is 1.06 bits per heavy atom. The van der Waals surface area contributed by atoms with Crippen LogP contribution in [-0.4, -0.2) is 59.0 Å². The van der Waals surface area contributed by atoms with Gasteiger partial charge in [0.1, 0.15) is 12.1 Å². The molecule has 1 aliphatic heterocycles. The summed E-state index contributed by atoms with van der Waals surface area (Å²) >= 11 is 0. The molecule has 190 valence electrons. The number of hydrogen-bond donors (Lipinski definition) is 3. The topological polar surface area (TPSA) is 139 Å². The molecule has 1 unspecified atom stereocenters. The molecule has 2 aliphatic carbocycles. The molecule has 6 atom stereocenters. The summed E-state index contributed by atoms with van der Waals surface area (Å²) in [5, 5.41) is 5.65. The lowest BCUT2D eigenvalue weighted by atomic mass is 9.94. The van der Waals surface area contributed by atoms with Gasteiger partial charge in [-0.15, -0.1) is 0 Å². The van der Waals surface area contributed by atoms with Gasteiger partial charge < -0.3 is 21.3 Å². The smallest absolute Gasteiger partial charge is 0.287 e. The molecule has 0 spiro atoms. The Morgan fingerprint density at radius 2 is 1.68 bits per heavy atom. The number of nitrogens with one attached hydrogen (secondary N) is 2. The van der Waals surface area contributed by atoms with Crippen LogP contribution >= 0.6 is 0 Å². The molecular weight excluding hydrogens is 436 g/mol. The number of Topliss-reactive ketones (excluding diaryl/α,β-unsaturated/α-hetero) is 1. The van der Waals surface area contributed by atoms with E-state index >= 15 is 0 Å². The number of carbonyl (C=O) groups is 5. The fraction of sp³-hybridized carbons (Fsp3) is 0.800. The predicted octanol–water partition coefficient (Wildman–Crippen LogP) is 0.996. The first-order chi connectivity index (χ1) is 15.8. The molecule has 3 fully saturated rings. The monoisotopic (exact) mass is 476 g/mol. The summed E-state index contributed by atoms with van der Waals surface area (Å²) in [5.41, 5.74) is 5.13. The van der Waals surface area contributed by atoms with Crippen molar-refractivity contribution in [1.82, 2.24) is 15.5 Å². The maximum Gasteiger partial charge on any atom is 0.287 e. The summed E-state index contributed by atoms with van der Waals surface area (Å²) in [6.07, 6.45) is 2.98. The molecule has 4 N–H and O–H groups in total. The highest BCUT2D eigenvalue weighted by molar-refractivity contribution is 6.37. The zero-order chi connectivity index (χ0) is 25.5. The van der Waals surface area contributed by atoms with Crippen molar-refractivity contribution >= 4 is 29.4 Å². The third kappa shape index (κ3) is 5.13. The summed E-state index contributed by atoms with van der Waals surface area (Å²) in [6.45, 7) is 12.0. The van der Waals surface area contributed by atoms with Crippen molar-refractivity contribution in [2.45, 2.75) is 85.4 Å². The summed E-state index contributed by atoms with van der Waals surface area (Å²) < 4.78 is 0. The summed E-state index contributed by atoms with van der Waals surface area (Å²) in [7, 11) is 0. The fourth-order valence-electron chi connectivity index (χ4n) is 5.34. The molecule has 3 rings (SSSR count). The molecule has 1 saturated heterocycles. The number of ketones is 1. The summed E-state index contributed by atoms with van der Waals surface area (Å²) in [4.78, 5) is 65.2. The molecule has 4 amide bonds. The SMILES string of the molecule is CC[C@@H](C)[C@H](NC(=O)C(C)C)C(=O)N1C[C@H]2[C@@H]([C@H]1C(=O)NC(CC1CC1)C(=O)C(N)=O)C2(C)C. The number of hydrogen-bond acceptors (Lipinski definition) is 5. The van der Waals surface area contributed by atoms with Crippen molar-refractivity contribution in [3.05, 3.63) is 0 Å². The number of amides is 4. The van der Waals surface area contributed by atoms with E-state index in [0.29, 0.717) is 25.3 Å². The number of likely N-dealkylation sites (tertiary alicyclic amines) is 1. The van der Waals surface area contributed by atoms with Crippen LogP contribution in [0.15, 0.2) is 0 Å². The van der Waals surface area contributed by atoms with Crippen molar-refractivity contribution in [2.24, 2.45) is 40.7 Å². The van der Waals surface area contributed by atoms with E-state index in [1.54, 1.807) is 18.7 Å². The first kappa shape index (κ1) is 26.2. The van der Waals surface area contributed by atoms with E-state index in [-0.39, 0.29) is 40.9 Å². The van der Waals surface area contributed by atoms with E-state index in [4.69, 9.17) is 5.73 Å². The number of rotatable bonds is 11. The molecule has 1 heterocycles. The molecule has 3 aliphatic rings. The number of nitrogens with zero attached hydrogens (tertiary/aromatic N) is 1. The van der Waals surface area contributed by atoms with E-state index in [0.717, 1.165) is 12.8 Å². The fourth-order valence-corrected chi connectivity index (χ4v) is 5.34. The maximum absolute atomic E-state index is 13.7. The zero-order valence-corrected chi connectivity index (χ0v) is 21.2. The van der Waals surface area contributed by atoms with Crippen molar-refractivity contribution in [3.8, 4) is 0 Å². The maximum atomic E-state index is 13.7. The van der Waals surface area contributed by atoms with Gasteiger partial charge in [-0.05, 0) is 35.5 Å². The number of nitrogens with two attached hydrogens (primary N) is 1. The Bertz CT molecular complexity index is 865. The minimum Gasteiger partial charge on any atom is -0.363 e. The molecule has 0 aromatic carbocycles. The van der Waals surface area contributed by atoms with Crippen LogP contribution in [-0.2, 0) is 24.0 Å². The zero-order valence-electron chi connectivity index (χ0n) is 21.2. The molecule has 0 aromatic heterocycles. The molecule has 9 heteroatoms. The van der Waals surface area contributed by atoms with Crippen molar-refractivity contribution in [3.63, 3.8) is 0 Å². The van der Waals surface area contributed by atoms with Crippen molar-refractivity contribution < 1.29 is 24.0 Å². The van der Waals surface area contributed by atoms with E-state index in [1.807, 2.05) is 13.8 Å². The third-order valence-corrected chi connectivity index (χ3v) is 8.20. The van der Waals surface area contributed by atoms with Gasteiger partial charge in [0, 0.05) is 12.5 Å². The molecule has 9 nitrogen and oxygen atoms in total. The number of piperidine rings is 1. The average molecular weight is 477 g/mol. The quantitative estimate of drug-likeness (QED) is 0.382. The third-order valence-electron chi connectivity index (χ3n) is 8.20. The van der Waals surface area contributed by atoms with Crippen LogP contribution in [0.3, 0.4) is 0 Å². The van der Waals surface area contributed by atoms with Gasteiger partial charge in [-0.1, -0.05) is 60.8 Å². The molecule has 0 aromatic rings. The van der Waals surface area contributed by atoms with Crippen molar-refractivity contribution in [1.29, 1.82) is 0 Å². The molecular formula is C25H40N4O5. The predicted molar refractivity (Wildman–Crippen MR) is 126 cm³/mol. The second kappa shape index (κ2) is 9.66. The van der Waals surface area contributed by atoms with Gasteiger partial charge in [0.15, 0.2) is 0 Å². The van der Waals surface area contributed by atoms with Crippen LogP contribution in [0.5, 0.6) is 0 Å². The van der Waals surface area contributed by atoms with Gasteiger partial charge >= 0.3 is 0 Å². The van der Waals surface area contributed by atoms with Crippen LogP contribution in [0, 0.1) is 35.0 Å². The van der Waals surface area contributed by atoms with E-state index < -0.39 is 35.7 Å². The van der Waals surface area contributed by atoms with Gasteiger partial charge in [-0.3, -0.25) is 24.0 Å². The first-order valence-corrected chi connectivity index (χ1v) is 12.6. The highest BCUT2D eigenvalue weighted by Crippen LogP contribution is 2.65. The first-order valence-electron chi connectivity index (χ1n) is 12.6. The highest BCUT2D eigenvalue weighted by atomic mass is 16.2. The number of primary amides is 1. The van der Waals surface area contributed by atoms with Gasteiger partial charge in [-0.2, -0.15) is 0 Å². The minimum atomic E-state index is -1.07. The Hall–Kier alpha value is -2.45. The van der Waals surface area contributed by atoms with Crippen LogP contribution in [0.1, 0.15) is 67.2 Å². The van der Waals surface area contributed by atoms with E-state index in [1.165, 1.54) is 0 Å². The lowest BCUT2D eigenvalue weighted by Crippen LogP contribution is -2.59. The Labute approximate surface area is 201 Å². The summed E-state index contributed by atoms with van der Waals surface area (Å²) in [5.74, 6) is -2.74. The second-order valence-corrected chi connectivity index (χ2v) is 11.4.